The van der Waals surface area contributed by atoms with Crippen LogP contribution in [0, 0.1) is 0 Å². The van der Waals surface area contributed by atoms with Crippen molar-refractivity contribution in [2.24, 2.45) is 0 Å². The molecular formula is C20H33NO8S2. The minimum Gasteiger partial charge on any atom is -0.464 e. The van der Waals surface area contributed by atoms with E-state index in [9.17, 15) is 21.6 Å². The zero-order valence-electron chi connectivity index (χ0n) is 18.2. The minimum absolute atomic E-state index is 0.0293. The molecule has 0 amide bonds. The van der Waals surface area contributed by atoms with Crippen molar-refractivity contribution in [3.05, 3.63) is 35.9 Å². The van der Waals surface area contributed by atoms with E-state index in [1.165, 1.54) is 0 Å². The summed E-state index contributed by atoms with van der Waals surface area (Å²) in [5.74, 6) is -0.0293. The van der Waals surface area contributed by atoms with Gasteiger partial charge in [0.05, 0.1) is 5.41 Å². The largest absolute Gasteiger partial charge is 0.464 e. The molecule has 1 aliphatic carbocycles. The van der Waals surface area contributed by atoms with Crippen LogP contribution in [-0.4, -0.2) is 67.6 Å². The maximum atomic E-state index is 12.7. The molecule has 1 fully saturated rings. The monoisotopic (exact) mass is 479 g/mol. The average molecular weight is 480 g/mol. The van der Waals surface area contributed by atoms with Gasteiger partial charge < -0.3 is 9.64 Å². The summed E-state index contributed by atoms with van der Waals surface area (Å²) in [6.45, 7) is 8.24. The quantitative estimate of drug-likeness (QED) is 0.404. The van der Waals surface area contributed by atoms with Crippen molar-refractivity contribution in [1.82, 2.24) is 4.90 Å². The van der Waals surface area contributed by atoms with Crippen molar-refractivity contribution in [3.8, 4) is 0 Å². The van der Waals surface area contributed by atoms with Gasteiger partial charge >= 0.3 is 5.97 Å². The van der Waals surface area contributed by atoms with E-state index in [1.54, 1.807) is 0 Å². The van der Waals surface area contributed by atoms with Gasteiger partial charge in [-0.15, -0.1) is 0 Å². The number of carbonyl (C=O) groups excluding carboxylic acids is 1. The predicted molar refractivity (Wildman–Crippen MR) is 118 cm³/mol. The van der Waals surface area contributed by atoms with Crippen LogP contribution in [0.1, 0.15) is 52.0 Å². The Balaban J connectivity index is 0.000000407. The van der Waals surface area contributed by atoms with Gasteiger partial charge in [0.25, 0.3) is 20.2 Å². The van der Waals surface area contributed by atoms with Crippen LogP contribution in [0.5, 0.6) is 0 Å². The lowest BCUT2D eigenvalue weighted by Gasteiger charge is -2.28. The summed E-state index contributed by atoms with van der Waals surface area (Å²) in [4.78, 5) is 15.0. The number of esters is 1. The molecule has 9 nitrogen and oxygen atoms in total. The van der Waals surface area contributed by atoms with Gasteiger partial charge in [0.1, 0.15) is 6.61 Å². The first kappa shape index (κ1) is 27.5. The van der Waals surface area contributed by atoms with Gasteiger partial charge in [0.15, 0.2) is 0 Å². The topological polar surface area (TPSA) is 138 Å². The molecule has 0 radical (unpaired) electrons. The molecule has 1 saturated carbocycles. The fourth-order valence-electron chi connectivity index (χ4n) is 3.45. The van der Waals surface area contributed by atoms with E-state index >= 15 is 0 Å². The summed E-state index contributed by atoms with van der Waals surface area (Å²) >= 11 is 0. The van der Waals surface area contributed by atoms with Gasteiger partial charge in [-0.1, -0.05) is 57.0 Å². The molecule has 2 N–H and O–H groups in total. The summed E-state index contributed by atoms with van der Waals surface area (Å²) in [5.41, 5.74) is 0.722. The van der Waals surface area contributed by atoms with E-state index in [0.717, 1.165) is 50.9 Å². The first-order valence-electron chi connectivity index (χ1n) is 10.3. The Hall–Kier alpha value is -1.53. The number of hydrogen-bond acceptors (Lipinski definition) is 7. The summed E-state index contributed by atoms with van der Waals surface area (Å²) < 4.78 is 59.5. The van der Waals surface area contributed by atoms with Crippen molar-refractivity contribution in [2.45, 2.75) is 56.5 Å². The van der Waals surface area contributed by atoms with E-state index in [-0.39, 0.29) is 5.97 Å². The Bertz CT molecular complexity index is 858. The fourth-order valence-corrected chi connectivity index (χ4v) is 4.67. The van der Waals surface area contributed by atoms with Crippen molar-refractivity contribution in [2.75, 3.05) is 26.2 Å². The number of likely N-dealkylation sites (N-methyl/N-ethyl adjacent to an activating group) is 1. The first-order valence-corrected chi connectivity index (χ1v) is 13.3. The third-order valence-electron chi connectivity index (χ3n) is 5.55. The zero-order chi connectivity index (χ0) is 23.7. The molecule has 0 aromatic heterocycles. The highest BCUT2D eigenvalue weighted by molar-refractivity contribution is 8.03. The van der Waals surface area contributed by atoms with Gasteiger partial charge in [0, 0.05) is 6.54 Å². The number of benzene rings is 1. The van der Waals surface area contributed by atoms with Crippen molar-refractivity contribution in [3.63, 3.8) is 0 Å². The SMILES string of the molecule is CC(S(=O)(=O)O)S(=O)(=O)O.CCN(CC)CCOC(=O)C1(c2ccccc2)CCCC1. The molecule has 0 aliphatic heterocycles. The third kappa shape index (κ3) is 8.15. The highest BCUT2D eigenvalue weighted by Gasteiger charge is 2.44. The van der Waals surface area contributed by atoms with Gasteiger partial charge in [0.2, 0.25) is 4.58 Å². The summed E-state index contributed by atoms with van der Waals surface area (Å²) in [6.07, 6.45) is 4.06. The van der Waals surface area contributed by atoms with Crippen molar-refractivity contribution in [1.29, 1.82) is 0 Å². The van der Waals surface area contributed by atoms with E-state index in [0.29, 0.717) is 13.5 Å². The average Bonchev–Trinajstić information content (AvgIpc) is 3.21. The molecule has 1 aromatic carbocycles. The summed E-state index contributed by atoms with van der Waals surface area (Å²) in [7, 11) is -9.40. The second kappa shape index (κ2) is 11.9. The van der Waals surface area contributed by atoms with Gasteiger partial charge in [-0.25, -0.2) is 0 Å². The molecule has 0 atom stereocenters. The molecule has 178 valence electrons. The van der Waals surface area contributed by atoms with Crippen LogP contribution in [0.3, 0.4) is 0 Å². The lowest BCUT2D eigenvalue weighted by Crippen LogP contribution is -2.36. The van der Waals surface area contributed by atoms with E-state index < -0.39 is 30.2 Å². The molecule has 11 heteroatoms. The molecule has 0 unspecified atom stereocenters. The molecule has 1 aliphatic rings. The van der Waals surface area contributed by atoms with Crippen LogP contribution >= 0.6 is 0 Å². The Morgan fingerprint density at radius 3 is 1.90 bits per heavy atom. The maximum absolute atomic E-state index is 12.7. The smallest absolute Gasteiger partial charge is 0.316 e. The van der Waals surface area contributed by atoms with Gasteiger partial charge in [-0.05, 0) is 38.4 Å². The van der Waals surface area contributed by atoms with E-state index in [4.69, 9.17) is 13.8 Å². The van der Waals surface area contributed by atoms with Crippen LogP contribution < -0.4 is 0 Å². The van der Waals surface area contributed by atoms with Gasteiger partial charge in [-0.2, -0.15) is 16.8 Å². The molecule has 31 heavy (non-hydrogen) atoms. The van der Waals surface area contributed by atoms with Crippen LogP contribution in [-0.2, 0) is 35.2 Å². The minimum atomic E-state index is -4.70. The Morgan fingerprint density at radius 2 is 1.52 bits per heavy atom. The van der Waals surface area contributed by atoms with Crippen molar-refractivity contribution >= 4 is 26.2 Å². The standard InChI is InChI=1S/C18H27NO2.C2H6O6S2/c1-3-19(4-2)14-15-21-17(20)18(12-8-9-13-18)16-10-6-5-7-11-16;1-2(9(3,4)5)10(6,7)8/h5-7,10-11H,3-4,8-9,12-15H2,1-2H3;2H,1H3,(H,3,4,5)(H,6,7,8). The normalized spacial score (nSPS) is 16.1. The predicted octanol–water partition coefficient (Wildman–Crippen LogP) is 2.49. The zero-order valence-corrected chi connectivity index (χ0v) is 19.9. The number of rotatable bonds is 9. The maximum Gasteiger partial charge on any atom is 0.316 e. The highest BCUT2D eigenvalue weighted by Crippen LogP contribution is 2.42. The Labute approximate surface area is 185 Å². The van der Waals surface area contributed by atoms with Gasteiger partial charge in [-0.3, -0.25) is 13.9 Å². The number of nitrogens with zero attached hydrogens (tertiary/aromatic N) is 1. The lowest BCUT2D eigenvalue weighted by atomic mass is 9.79. The molecule has 2 rings (SSSR count). The highest BCUT2D eigenvalue weighted by atomic mass is 32.3. The molecule has 0 saturated heterocycles. The van der Waals surface area contributed by atoms with E-state index in [1.807, 2.05) is 18.2 Å². The second-order valence-electron chi connectivity index (χ2n) is 7.42. The third-order valence-corrected chi connectivity index (χ3v) is 8.69. The number of hydrogen-bond donors (Lipinski definition) is 2. The van der Waals surface area contributed by atoms with Crippen LogP contribution in [0.4, 0.5) is 0 Å². The van der Waals surface area contributed by atoms with Crippen LogP contribution in [0.15, 0.2) is 30.3 Å². The second-order valence-corrected chi connectivity index (χ2v) is 11.2. The van der Waals surface area contributed by atoms with E-state index in [2.05, 4.69) is 30.9 Å². The molecular weight excluding hydrogens is 446 g/mol. The lowest BCUT2D eigenvalue weighted by molar-refractivity contribution is -0.151. The first-order chi connectivity index (χ1) is 14.4. The van der Waals surface area contributed by atoms with Crippen LogP contribution in [0.25, 0.3) is 0 Å². The fraction of sp³-hybridized carbons (Fsp3) is 0.650. The Kier molecular flexibility index (Phi) is 10.6. The molecule has 0 bridgehead atoms. The van der Waals surface area contributed by atoms with Crippen molar-refractivity contribution < 1.29 is 35.5 Å². The molecule has 0 heterocycles. The molecule has 1 aromatic rings. The summed E-state index contributed by atoms with van der Waals surface area (Å²) in [6, 6.07) is 10.2. The summed E-state index contributed by atoms with van der Waals surface area (Å²) in [5, 5.41) is 0. The number of carbonyl (C=O) groups is 1. The number of ether oxygens (including phenoxy) is 1. The Morgan fingerprint density at radius 1 is 1.03 bits per heavy atom. The van der Waals surface area contributed by atoms with Crippen LogP contribution in [0.2, 0.25) is 0 Å². The molecule has 0 spiro atoms.